The average molecular weight is 249 g/mol. The predicted octanol–water partition coefficient (Wildman–Crippen LogP) is 3.14. The molecule has 1 heterocycles. The highest BCUT2D eigenvalue weighted by Gasteiger charge is 2.19. The van der Waals surface area contributed by atoms with E-state index in [1.165, 1.54) is 0 Å². The molecule has 1 aromatic rings. The molecule has 0 atom stereocenters. The molecule has 0 saturated carbocycles. The third kappa shape index (κ3) is 1.08. The van der Waals surface area contributed by atoms with Gasteiger partial charge in [-0.05, 0) is 22.9 Å². The van der Waals surface area contributed by atoms with Gasteiger partial charge >= 0.3 is 0 Å². The number of fused-ring (bicyclic) bond motifs is 1. The Hall–Kier alpha value is -0.410. The molecule has 12 heavy (non-hydrogen) atoms. The van der Waals surface area contributed by atoms with Gasteiger partial charge in [0.15, 0.2) is 11.5 Å². The van der Waals surface area contributed by atoms with Crippen molar-refractivity contribution in [1.82, 2.24) is 0 Å². The third-order valence-electron chi connectivity index (χ3n) is 1.78. The Labute approximate surface area is 83.6 Å². The van der Waals surface area contributed by atoms with Crippen LogP contribution >= 0.6 is 27.5 Å². The van der Waals surface area contributed by atoms with E-state index in [4.69, 9.17) is 21.1 Å². The fourth-order valence-electron chi connectivity index (χ4n) is 1.15. The zero-order valence-corrected chi connectivity index (χ0v) is 8.70. The SMILES string of the molecule is Cc1c(Br)c(Cl)cc2c1OCO2. The molecule has 0 saturated heterocycles. The summed E-state index contributed by atoms with van der Waals surface area (Å²) in [5, 5.41) is 0.650. The van der Waals surface area contributed by atoms with Gasteiger partial charge in [0.2, 0.25) is 6.79 Å². The number of hydrogen-bond donors (Lipinski definition) is 0. The van der Waals surface area contributed by atoms with E-state index in [0.29, 0.717) is 5.02 Å². The van der Waals surface area contributed by atoms with Gasteiger partial charge in [-0.3, -0.25) is 0 Å². The standard InChI is InChI=1S/C8H6BrClO2/c1-4-7(9)5(10)2-6-8(4)12-3-11-6/h2H,3H2,1H3. The molecule has 0 amide bonds. The van der Waals surface area contributed by atoms with Crippen LogP contribution in [0.3, 0.4) is 0 Å². The van der Waals surface area contributed by atoms with Gasteiger partial charge in [0.25, 0.3) is 0 Å². The summed E-state index contributed by atoms with van der Waals surface area (Å²) in [6.07, 6.45) is 0. The summed E-state index contributed by atoms with van der Waals surface area (Å²) in [7, 11) is 0. The predicted molar refractivity (Wildman–Crippen MR) is 50.0 cm³/mol. The van der Waals surface area contributed by atoms with E-state index in [1.54, 1.807) is 6.07 Å². The fraction of sp³-hybridized carbons (Fsp3) is 0.250. The molecule has 4 heteroatoms. The van der Waals surface area contributed by atoms with Crippen LogP contribution in [-0.2, 0) is 0 Å². The summed E-state index contributed by atoms with van der Waals surface area (Å²) < 4.78 is 11.3. The summed E-state index contributed by atoms with van der Waals surface area (Å²) >= 11 is 9.28. The van der Waals surface area contributed by atoms with Gasteiger partial charge in [0.05, 0.1) is 5.02 Å². The highest BCUT2D eigenvalue weighted by molar-refractivity contribution is 9.10. The number of halogens is 2. The second-order valence-corrected chi connectivity index (χ2v) is 3.73. The maximum absolute atomic E-state index is 5.92. The van der Waals surface area contributed by atoms with Gasteiger partial charge in [-0.1, -0.05) is 11.6 Å². The number of hydrogen-bond acceptors (Lipinski definition) is 2. The second kappa shape index (κ2) is 2.82. The van der Waals surface area contributed by atoms with Crippen LogP contribution in [0.25, 0.3) is 0 Å². The Morgan fingerprint density at radius 3 is 3.00 bits per heavy atom. The lowest BCUT2D eigenvalue weighted by Crippen LogP contribution is -1.93. The lowest BCUT2D eigenvalue weighted by Gasteiger charge is -2.04. The highest BCUT2D eigenvalue weighted by atomic mass is 79.9. The van der Waals surface area contributed by atoms with Crippen molar-refractivity contribution in [2.75, 3.05) is 6.79 Å². The topological polar surface area (TPSA) is 18.5 Å². The van der Waals surface area contributed by atoms with Gasteiger partial charge in [0.1, 0.15) is 0 Å². The molecule has 0 fully saturated rings. The fourth-order valence-corrected chi connectivity index (χ4v) is 1.68. The first-order valence-corrected chi connectivity index (χ1v) is 4.61. The smallest absolute Gasteiger partial charge is 0.231 e. The van der Waals surface area contributed by atoms with Gasteiger partial charge in [-0.2, -0.15) is 0 Å². The molecule has 0 aromatic heterocycles. The maximum atomic E-state index is 5.92. The summed E-state index contributed by atoms with van der Waals surface area (Å²) in [4.78, 5) is 0. The molecule has 1 aliphatic heterocycles. The normalized spacial score (nSPS) is 13.6. The first kappa shape index (κ1) is 8.20. The van der Waals surface area contributed by atoms with E-state index < -0.39 is 0 Å². The summed E-state index contributed by atoms with van der Waals surface area (Å²) in [6, 6.07) is 1.75. The van der Waals surface area contributed by atoms with E-state index in [9.17, 15) is 0 Å². The minimum absolute atomic E-state index is 0.281. The average Bonchev–Trinajstić information content (AvgIpc) is 2.48. The van der Waals surface area contributed by atoms with Crippen molar-refractivity contribution >= 4 is 27.5 Å². The van der Waals surface area contributed by atoms with Crippen molar-refractivity contribution in [2.24, 2.45) is 0 Å². The summed E-state index contributed by atoms with van der Waals surface area (Å²) in [5.41, 5.74) is 0.981. The van der Waals surface area contributed by atoms with Gasteiger partial charge < -0.3 is 9.47 Å². The molecule has 0 N–H and O–H groups in total. The minimum atomic E-state index is 0.281. The zero-order chi connectivity index (χ0) is 8.72. The van der Waals surface area contributed by atoms with Crippen LogP contribution in [0, 0.1) is 6.92 Å². The van der Waals surface area contributed by atoms with Crippen LogP contribution in [0.5, 0.6) is 11.5 Å². The van der Waals surface area contributed by atoms with Crippen molar-refractivity contribution in [3.05, 3.63) is 21.1 Å². The van der Waals surface area contributed by atoms with Crippen molar-refractivity contribution < 1.29 is 9.47 Å². The van der Waals surface area contributed by atoms with Gasteiger partial charge in [-0.25, -0.2) is 0 Å². The molecule has 0 bridgehead atoms. The molecular formula is C8H6BrClO2. The van der Waals surface area contributed by atoms with E-state index in [1.807, 2.05) is 6.92 Å². The number of rotatable bonds is 0. The van der Waals surface area contributed by atoms with Crippen LogP contribution in [0.1, 0.15) is 5.56 Å². The molecule has 64 valence electrons. The molecule has 2 nitrogen and oxygen atoms in total. The van der Waals surface area contributed by atoms with Gasteiger partial charge in [-0.15, -0.1) is 0 Å². The van der Waals surface area contributed by atoms with Crippen molar-refractivity contribution in [1.29, 1.82) is 0 Å². The first-order chi connectivity index (χ1) is 5.70. The lowest BCUT2D eigenvalue weighted by atomic mass is 10.2. The molecule has 2 rings (SSSR count). The van der Waals surface area contributed by atoms with E-state index in [2.05, 4.69) is 15.9 Å². The van der Waals surface area contributed by atoms with Gasteiger partial charge in [0, 0.05) is 16.1 Å². The Bertz CT molecular complexity index is 338. The monoisotopic (exact) mass is 248 g/mol. The van der Waals surface area contributed by atoms with E-state index in [-0.39, 0.29) is 6.79 Å². The molecule has 1 aromatic carbocycles. The van der Waals surface area contributed by atoms with Crippen LogP contribution in [0.15, 0.2) is 10.5 Å². The van der Waals surface area contributed by atoms with Crippen LogP contribution in [0.4, 0.5) is 0 Å². The van der Waals surface area contributed by atoms with Crippen molar-refractivity contribution in [3.63, 3.8) is 0 Å². The summed E-state index contributed by atoms with van der Waals surface area (Å²) in [5.74, 6) is 1.51. The number of ether oxygens (including phenoxy) is 2. The van der Waals surface area contributed by atoms with Crippen LogP contribution in [-0.4, -0.2) is 6.79 Å². The molecule has 1 aliphatic rings. The van der Waals surface area contributed by atoms with Crippen LogP contribution in [0.2, 0.25) is 5.02 Å². The minimum Gasteiger partial charge on any atom is -0.454 e. The van der Waals surface area contributed by atoms with Crippen molar-refractivity contribution in [2.45, 2.75) is 6.92 Å². The Balaban J connectivity index is 2.67. The Kier molecular flexibility index (Phi) is 1.93. The largest absolute Gasteiger partial charge is 0.454 e. The molecule has 0 spiro atoms. The zero-order valence-electron chi connectivity index (χ0n) is 6.36. The number of benzene rings is 1. The second-order valence-electron chi connectivity index (χ2n) is 2.53. The quantitative estimate of drug-likeness (QED) is 0.703. The molecule has 0 aliphatic carbocycles. The van der Waals surface area contributed by atoms with E-state index in [0.717, 1.165) is 21.5 Å². The molecular weight excluding hydrogens is 243 g/mol. The van der Waals surface area contributed by atoms with E-state index >= 15 is 0 Å². The third-order valence-corrected chi connectivity index (χ3v) is 3.33. The summed E-state index contributed by atoms with van der Waals surface area (Å²) in [6.45, 7) is 2.21. The van der Waals surface area contributed by atoms with Crippen molar-refractivity contribution in [3.8, 4) is 11.5 Å². The Morgan fingerprint density at radius 2 is 2.25 bits per heavy atom. The first-order valence-electron chi connectivity index (χ1n) is 3.44. The molecule has 0 radical (unpaired) electrons. The lowest BCUT2D eigenvalue weighted by molar-refractivity contribution is 0.173. The highest BCUT2D eigenvalue weighted by Crippen LogP contribution is 2.42. The maximum Gasteiger partial charge on any atom is 0.231 e. The van der Waals surface area contributed by atoms with Crippen LogP contribution < -0.4 is 9.47 Å². The Morgan fingerprint density at radius 1 is 1.50 bits per heavy atom. The molecule has 0 unspecified atom stereocenters.